The van der Waals surface area contributed by atoms with E-state index in [4.69, 9.17) is 9.47 Å². The molecule has 0 aliphatic rings. The molecule has 0 radical (unpaired) electrons. The van der Waals surface area contributed by atoms with Gasteiger partial charge in [0.2, 0.25) is 0 Å². The minimum Gasteiger partial charge on any atom is -0.434 e. The number of hydrogen-bond donors (Lipinski definition) is 2. The second-order valence-corrected chi connectivity index (χ2v) is 7.67. The first-order chi connectivity index (χ1) is 9.19. The predicted molar refractivity (Wildman–Crippen MR) is 82.1 cm³/mol. The second-order valence-electron chi connectivity index (χ2n) is 7.67. The largest absolute Gasteiger partial charge is 0.508 e. The molecular weight excluding hydrogens is 272 g/mol. The first kappa shape index (κ1) is 20.2. The SMILES string of the molecule is CC(O)CC(C)(C)C(C)(C)OC(=O)OCC(C)C(C)(C)O. The molecular formula is C16H32O5. The fourth-order valence-electron chi connectivity index (χ4n) is 1.76. The molecule has 126 valence electrons. The Balaban J connectivity index is 4.56. The summed E-state index contributed by atoms with van der Waals surface area (Å²) in [6.07, 6.45) is -0.725. The van der Waals surface area contributed by atoms with Crippen molar-refractivity contribution < 1.29 is 24.5 Å². The minimum atomic E-state index is -0.915. The number of rotatable bonds is 7. The predicted octanol–water partition coefficient (Wildman–Crippen LogP) is 3.12. The minimum absolute atomic E-state index is 0.0925. The highest BCUT2D eigenvalue weighted by atomic mass is 16.7. The molecule has 0 amide bonds. The highest BCUT2D eigenvalue weighted by Crippen LogP contribution is 2.38. The van der Waals surface area contributed by atoms with Crippen LogP contribution in [0.2, 0.25) is 0 Å². The van der Waals surface area contributed by atoms with Crippen molar-refractivity contribution in [1.82, 2.24) is 0 Å². The van der Waals surface area contributed by atoms with Gasteiger partial charge in [-0.1, -0.05) is 20.8 Å². The molecule has 0 rings (SSSR count). The van der Waals surface area contributed by atoms with E-state index in [0.717, 1.165) is 0 Å². The lowest BCUT2D eigenvalue weighted by Crippen LogP contribution is -2.45. The van der Waals surface area contributed by atoms with E-state index in [2.05, 4.69) is 0 Å². The van der Waals surface area contributed by atoms with Gasteiger partial charge in [-0.3, -0.25) is 0 Å². The first-order valence-electron chi connectivity index (χ1n) is 7.45. The van der Waals surface area contributed by atoms with Gasteiger partial charge >= 0.3 is 6.16 Å². The van der Waals surface area contributed by atoms with Crippen molar-refractivity contribution >= 4 is 6.16 Å². The highest BCUT2D eigenvalue weighted by molar-refractivity contribution is 5.60. The zero-order valence-electron chi connectivity index (χ0n) is 14.7. The number of aliphatic hydroxyl groups is 2. The maximum Gasteiger partial charge on any atom is 0.508 e. The van der Waals surface area contributed by atoms with Crippen molar-refractivity contribution in [2.75, 3.05) is 6.61 Å². The van der Waals surface area contributed by atoms with Crippen molar-refractivity contribution in [3.05, 3.63) is 0 Å². The zero-order chi connectivity index (χ0) is 17.1. The third-order valence-electron chi connectivity index (χ3n) is 4.43. The molecule has 0 aliphatic carbocycles. The lowest BCUT2D eigenvalue weighted by molar-refractivity contribution is -0.0982. The van der Waals surface area contributed by atoms with Crippen molar-refractivity contribution in [2.45, 2.75) is 79.1 Å². The normalized spacial score (nSPS) is 16.3. The number of hydrogen-bond acceptors (Lipinski definition) is 5. The van der Waals surface area contributed by atoms with Gasteiger partial charge in [0.15, 0.2) is 0 Å². The molecule has 0 heterocycles. The fourth-order valence-corrected chi connectivity index (χ4v) is 1.76. The number of ether oxygens (including phenoxy) is 2. The molecule has 5 nitrogen and oxygen atoms in total. The third kappa shape index (κ3) is 6.66. The van der Waals surface area contributed by atoms with Crippen LogP contribution in [0.1, 0.15) is 61.8 Å². The van der Waals surface area contributed by atoms with Crippen LogP contribution in [0.25, 0.3) is 0 Å². The highest BCUT2D eigenvalue weighted by Gasteiger charge is 2.41. The van der Waals surface area contributed by atoms with Crippen molar-refractivity contribution in [3.8, 4) is 0 Å². The molecule has 0 saturated heterocycles. The Kier molecular flexibility index (Phi) is 6.70. The number of carbonyl (C=O) groups is 1. The summed E-state index contributed by atoms with van der Waals surface area (Å²) >= 11 is 0. The van der Waals surface area contributed by atoms with Gasteiger partial charge < -0.3 is 19.7 Å². The Morgan fingerprint density at radius 1 is 1.10 bits per heavy atom. The van der Waals surface area contributed by atoms with Crippen LogP contribution in [0.15, 0.2) is 0 Å². The van der Waals surface area contributed by atoms with Crippen molar-refractivity contribution in [2.24, 2.45) is 11.3 Å². The molecule has 2 N–H and O–H groups in total. The quantitative estimate of drug-likeness (QED) is 0.707. The van der Waals surface area contributed by atoms with Gasteiger partial charge in [0, 0.05) is 11.3 Å². The molecule has 0 aromatic rings. The van der Waals surface area contributed by atoms with Crippen LogP contribution in [-0.2, 0) is 9.47 Å². The van der Waals surface area contributed by atoms with Gasteiger partial charge in [-0.05, 0) is 41.0 Å². The molecule has 2 unspecified atom stereocenters. The molecule has 2 atom stereocenters. The van der Waals surface area contributed by atoms with Gasteiger partial charge in [-0.2, -0.15) is 0 Å². The molecule has 0 aliphatic heterocycles. The van der Waals surface area contributed by atoms with E-state index in [1.165, 1.54) is 0 Å². The second kappa shape index (κ2) is 6.97. The van der Waals surface area contributed by atoms with Crippen LogP contribution in [0.4, 0.5) is 4.79 Å². The smallest absolute Gasteiger partial charge is 0.434 e. The van der Waals surface area contributed by atoms with Gasteiger partial charge in [-0.15, -0.1) is 0 Å². The molecule has 0 fully saturated rings. The summed E-state index contributed by atoms with van der Waals surface area (Å²) < 4.78 is 10.5. The van der Waals surface area contributed by atoms with E-state index in [0.29, 0.717) is 6.42 Å². The molecule has 5 heteroatoms. The topological polar surface area (TPSA) is 76.0 Å². The Labute approximate surface area is 128 Å². The van der Waals surface area contributed by atoms with Crippen molar-refractivity contribution in [3.63, 3.8) is 0 Å². The molecule has 0 bridgehead atoms. The van der Waals surface area contributed by atoms with Crippen LogP contribution in [0.5, 0.6) is 0 Å². The van der Waals surface area contributed by atoms with E-state index in [9.17, 15) is 15.0 Å². The molecule has 0 aromatic heterocycles. The van der Waals surface area contributed by atoms with Crippen LogP contribution in [0.3, 0.4) is 0 Å². The van der Waals surface area contributed by atoms with E-state index in [-0.39, 0.29) is 12.5 Å². The average Bonchev–Trinajstić information content (AvgIpc) is 2.21. The summed E-state index contributed by atoms with van der Waals surface area (Å²) in [6, 6.07) is 0. The summed E-state index contributed by atoms with van der Waals surface area (Å²) in [5.41, 5.74) is -2.09. The lowest BCUT2D eigenvalue weighted by atomic mass is 9.73. The van der Waals surface area contributed by atoms with Crippen LogP contribution in [-0.4, -0.2) is 40.3 Å². The van der Waals surface area contributed by atoms with E-state index in [1.807, 2.05) is 13.8 Å². The summed E-state index contributed by atoms with van der Waals surface area (Å²) in [7, 11) is 0. The Morgan fingerprint density at radius 2 is 1.57 bits per heavy atom. The Morgan fingerprint density at radius 3 is 1.95 bits per heavy atom. The van der Waals surface area contributed by atoms with Gasteiger partial charge in [-0.25, -0.2) is 4.79 Å². The van der Waals surface area contributed by atoms with Crippen LogP contribution >= 0.6 is 0 Å². The van der Waals surface area contributed by atoms with Crippen LogP contribution in [0, 0.1) is 11.3 Å². The van der Waals surface area contributed by atoms with E-state index in [1.54, 1.807) is 41.5 Å². The number of carbonyl (C=O) groups excluding carboxylic acids is 1. The van der Waals surface area contributed by atoms with Gasteiger partial charge in [0.05, 0.1) is 11.7 Å². The van der Waals surface area contributed by atoms with Crippen LogP contribution < -0.4 is 0 Å². The summed E-state index contributed by atoms with van der Waals surface area (Å²) in [5.74, 6) is -0.196. The standard InChI is InChI=1S/C16H32O5/c1-11(15(5,6)19)10-20-13(18)21-16(7,8)14(3,4)9-12(2)17/h11-12,17,19H,9-10H2,1-8H3. The molecule has 0 aromatic carbocycles. The Hall–Kier alpha value is -0.810. The summed E-state index contributed by atoms with van der Waals surface area (Å²) in [4.78, 5) is 11.8. The van der Waals surface area contributed by atoms with Crippen molar-refractivity contribution in [1.29, 1.82) is 0 Å². The molecule has 0 saturated carbocycles. The summed E-state index contributed by atoms with van der Waals surface area (Å²) in [6.45, 7) is 14.4. The monoisotopic (exact) mass is 304 g/mol. The molecule has 21 heavy (non-hydrogen) atoms. The Bertz CT molecular complexity index is 339. The van der Waals surface area contributed by atoms with E-state index >= 15 is 0 Å². The zero-order valence-corrected chi connectivity index (χ0v) is 14.7. The van der Waals surface area contributed by atoms with E-state index < -0.39 is 28.9 Å². The first-order valence-corrected chi connectivity index (χ1v) is 7.45. The third-order valence-corrected chi connectivity index (χ3v) is 4.43. The number of aliphatic hydroxyl groups excluding tert-OH is 1. The summed E-state index contributed by atoms with van der Waals surface area (Å²) in [5, 5.41) is 19.4. The molecule has 0 spiro atoms. The maximum atomic E-state index is 11.8. The van der Waals surface area contributed by atoms with Gasteiger partial charge in [0.1, 0.15) is 12.2 Å². The average molecular weight is 304 g/mol. The van der Waals surface area contributed by atoms with Gasteiger partial charge in [0.25, 0.3) is 0 Å². The fraction of sp³-hybridized carbons (Fsp3) is 0.938. The lowest BCUT2D eigenvalue weighted by Gasteiger charge is -2.41. The maximum absolute atomic E-state index is 11.8.